The van der Waals surface area contributed by atoms with E-state index in [0.29, 0.717) is 24.9 Å². The van der Waals surface area contributed by atoms with Crippen LogP contribution in [0, 0.1) is 5.82 Å². The quantitative estimate of drug-likeness (QED) is 0.867. The van der Waals surface area contributed by atoms with Crippen LogP contribution in [0.5, 0.6) is 0 Å². The van der Waals surface area contributed by atoms with Gasteiger partial charge in [-0.2, -0.15) is 0 Å². The van der Waals surface area contributed by atoms with Crippen molar-refractivity contribution >= 4 is 17.5 Å². The Balaban J connectivity index is 1.70. The molecule has 26 heavy (non-hydrogen) atoms. The van der Waals surface area contributed by atoms with Crippen LogP contribution < -0.4 is 10.6 Å². The van der Waals surface area contributed by atoms with Crippen LogP contribution in [0.1, 0.15) is 33.9 Å². The second kappa shape index (κ2) is 7.66. The molecule has 0 spiro atoms. The van der Waals surface area contributed by atoms with E-state index in [0.717, 1.165) is 16.8 Å². The van der Waals surface area contributed by atoms with E-state index in [1.807, 2.05) is 31.1 Å². The van der Waals surface area contributed by atoms with Crippen molar-refractivity contribution in [3.63, 3.8) is 0 Å². The minimum Gasteiger partial charge on any atom is -0.350 e. The zero-order valence-electron chi connectivity index (χ0n) is 14.9. The normalized spacial score (nSPS) is 14.5. The average molecular weight is 355 g/mol. The maximum atomic E-state index is 13.5. The van der Waals surface area contributed by atoms with Gasteiger partial charge >= 0.3 is 0 Å². The second-order valence-electron chi connectivity index (χ2n) is 6.66. The van der Waals surface area contributed by atoms with Crippen molar-refractivity contribution in [1.29, 1.82) is 0 Å². The Morgan fingerprint density at radius 3 is 2.77 bits per heavy atom. The molecule has 1 aliphatic rings. The third-order valence-electron chi connectivity index (χ3n) is 4.58. The number of benzene rings is 2. The first-order chi connectivity index (χ1) is 12.4. The molecular formula is C20H22FN3O2. The Morgan fingerprint density at radius 2 is 2.04 bits per heavy atom. The molecule has 0 saturated heterocycles. The van der Waals surface area contributed by atoms with Crippen LogP contribution >= 0.6 is 0 Å². The zero-order valence-corrected chi connectivity index (χ0v) is 14.9. The molecule has 5 nitrogen and oxygen atoms in total. The van der Waals surface area contributed by atoms with Crippen molar-refractivity contribution in [2.75, 3.05) is 26.0 Å². The van der Waals surface area contributed by atoms with Gasteiger partial charge in [-0.1, -0.05) is 12.1 Å². The number of nitrogens with zero attached hydrogens (tertiary/aromatic N) is 1. The van der Waals surface area contributed by atoms with Crippen LogP contribution in [0.3, 0.4) is 0 Å². The molecular weight excluding hydrogens is 333 g/mol. The summed E-state index contributed by atoms with van der Waals surface area (Å²) in [4.78, 5) is 25.9. The largest absolute Gasteiger partial charge is 0.350 e. The van der Waals surface area contributed by atoms with E-state index in [2.05, 4.69) is 10.6 Å². The summed E-state index contributed by atoms with van der Waals surface area (Å²) in [6.45, 7) is 0.364. The van der Waals surface area contributed by atoms with Crippen molar-refractivity contribution < 1.29 is 14.0 Å². The van der Waals surface area contributed by atoms with Gasteiger partial charge in [0, 0.05) is 24.2 Å². The van der Waals surface area contributed by atoms with Crippen molar-refractivity contribution in [2.45, 2.75) is 18.9 Å². The molecule has 0 radical (unpaired) electrons. The van der Waals surface area contributed by atoms with Crippen LogP contribution in [-0.4, -0.2) is 37.4 Å². The molecule has 0 aliphatic carbocycles. The molecule has 1 aliphatic heterocycles. The third kappa shape index (κ3) is 4.08. The summed E-state index contributed by atoms with van der Waals surface area (Å²) in [5.41, 5.74) is 3.09. The molecule has 0 saturated carbocycles. The molecule has 0 aromatic heterocycles. The summed E-state index contributed by atoms with van der Waals surface area (Å²) in [7, 11) is 3.78. The monoisotopic (exact) mass is 355 g/mol. The lowest BCUT2D eigenvalue weighted by molar-refractivity contribution is -0.116. The van der Waals surface area contributed by atoms with Gasteiger partial charge in [0.1, 0.15) is 5.82 Å². The minimum absolute atomic E-state index is 0.00128. The topological polar surface area (TPSA) is 61.4 Å². The van der Waals surface area contributed by atoms with Gasteiger partial charge in [0.15, 0.2) is 0 Å². The van der Waals surface area contributed by atoms with Crippen molar-refractivity contribution in [1.82, 2.24) is 10.2 Å². The molecule has 2 aromatic carbocycles. The van der Waals surface area contributed by atoms with E-state index in [4.69, 9.17) is 0 Å². The second-order valence-corrected chi connectivity index (χ2v) is 6.66. The Kier molecular flexibility index (Phi) is 5.32. The summed E-state index contributed by atoms with van der Waals surface area (Å²) in [5.74, 6) is -0.482. The van der Waals surface area contributed by atoms with Gasteiger partial charge in [-0.05, 0) is 62.0 Å². The number of likely N-dealkylation sites (N-methyl/N-ethyl adjacent to an activating group) is 1. The van der Waals surface area contributed by atoms with Gasteiger partial charge in [0.25, 0.3) is 5.91 Å². The molecule has 1 heterocycles. The van der Waals surface area contributed by atoms with Crippen LogP contribution in [0.25, 0.3) is 0 Å². The number of carbonyl (C=O) groups is 2. The first-order valence-electron chi connectivity index (χ1n) is 8.57. The number of hydrogen-bond acceptors (Lipinski definition) is 3. The summed E-state index contributed by atoms with van der Waals surface area (Å²) < 4.78 is 13.5. The number of aryl methyl sites for hydroxylation is 1. The number of nitrogens with one attached hydrogen (secondary N) is 2. The van der Waals surface area contributed by atoms with E-state index >= 15 is 0 Å². The van der Waals surface area contributed by atoms with Crippen molar-refractivity contribution in [2.24, 2.45) is 0 Å². The highest BCUT2D eigenvalue weighted by Crippen LogP contribution is 2.24. The lowest BCUT2D eigenvalue weighted by Gasteiger charge is -2.25. The first kappa shape index (κ1) is 18.1. The SMILES string of the molecule is CN(C)[C@@H](CNC(=O)c1ccc2c(c1)CCC(=O)N2)c1cccc(F)c1. The number of amides is 2. The highest BCUT2D eigenvalue weighted by atomic mass is 19.1. The Morgan fingerprint density at radius 1 is 1.23 bits per heavy atom. The molecule has 3 rings (SSSR count). The predicted octanol–water partition coefficient (Wildman–Crippen LogP) is 2.74. The van der Waals surface area contributed by atoms with Crippen molar-refractivity contribution in [3.05, 3.63) is 65.0 Å². The smallest absolute Gasteiger partial charge is 0.251 e. The Hall–Kier alpha value is -2.73. The first-order valence-corrected chi connectivity index (χ1v) is 8.57. The summed E-state index contributed by atoms with van der Waals surface area (Å²) in [6, 6.07) is 11.5. The van der Waals surface area contributed by atoms with Crippen molar-refractivity contribution in [3.8, 4) is 0 Å². The van der Waals surface area contributed by atoms with E-state index in [1.165, 1.54) is 12.1 Å². The highest BCUT2D eigenvalue weighted by Gasteiger charge is 2.19. The third-order valence-corrected chi connectivity index (χ3v) is 4.58. The number of halogens is 1. The molecule has 0 unspecified atom stereocenters. The van der Waals surface area contributed by atoms with E-state index in [-0.39, 0.29) is 23.7 Å². The molecule has 2 N–H and O–H groups in total. The summed E-state index contributed by atoms with van der Waals surface area (Å²) >= 11 is 0. The number of hydrogen-bond donors (Lipinski definition) is 2. The lowest BCUT2D eigenvalue weighted by atomic mass is 10.00. The minimum atomic E-state index is -0.294. The van der Waals surface area contributed by atoms with Gasteiger partial charge in [0.2, 0.25) is 5.91 Å². The fourth-order valence-corrected chi connectivity index (χ4v) is 3.13. The molecule has 2 amide bonds. The maximum Gasteiger partial charge on any atom is 0.251 e. The standard InChI is InChI=1S/C20H22FN3O2/c1-24(2)18(14-4-3-5-16(21)11-14)12-22-20(26)15-6-8-17-13(10-15)7-9-19(25)23-17/h3-6,8,10-11,18H,7,9,12H2,1-2H3,(H,22,26)(H,23,25)/t18-/m0/s1. The number of fused-ring (bicyclic) bond motifs is 1. The molecule has 136 valence electrons. The van der Waals surface area contributed by atoms with Gasteiger partial charge < -0.3 is 15.5 Å². The van der Waals surface area contributed by atoms with E-state index in [1.54, 1.807) is 18.2 Å². The van der Waals surface area contributed by atoms with E-state index in [9.17, 15) is 14.0 Å². The average Bonchev–Trinajstić information content (AvgIpc) is 2.61. The molecule has 0 fully saturated rings. The summed E-state index contributed by atoms with van der Waals surface area (Å²) in [6.07, 6.45) is 1.06. The van der Waals surface area contributed by atoms with Gasteiger partial charge in [-0.15, -0.1) is 0 Å². The molecule has 0 bridgehead atoms. The fourth-order valence-electron chi connectivity index (χ4n) is 3.13. The zero-order chi connectivity index (χ0) is 18.7. The molecule has 1 atom stereocenters. The lowest BCUT2D eigenvalue weighted by Crippen LogP contribution is -2.34. The van der Waals surface area contributed by atoms with Crippen LogP contribution in [0.4, 0.5) is 10.1 Å². The predicted molar refractivity (Wildman–Crippen MR) is 98.6 cm³/mol. The number of rotatable bonds is 5. The maximum absolute atomic E-state index is 13.5. The fraction of sp³-hybridized carbons (Fsp3) is 0.300. The van der Waals surface area contributed by atoms with Gasteiger partial charge in [-0.3, -0.25) is 9.59 Å². The van der Waals surface area contributed by atoms with Crippen LogP contribution in [0.15, 0.2) is 42.5 Å². The molecule has 2 aromatic rings. The van der Waals surface area contributed by atoms with Gasteiger partial charge in [0.05, 0.1) is 6.04 Å². The van der Waals surface area contributed by atoms with E-state index < -0.39 is 0 Å². The Labute approximate surface area is 152 Å². The number of carbonyl (C=O) groups excluding carboxylic acids is 2. The molecule has 6 heteroatoms. The summed E-state index contributed by atoms with van der Waals surface area (Å²) in [5, 5.41) is 5.73. The highest BCUT2D eigenvalue weighted by molar-refractivity contribution is 5.97. The van der Waals surface area contributed by atoms with Gasteiger partial charge in [-0.25, -0.2) is 4.39 Å². The number of anilines is 1. The Bertz CT molecular complexity index is 836. The van der Waals surface area contributed by atoms with Crippen LogP contribution in [0.2, 0.25) is 0 Å². The van der Waals surface area contributed by atoms with Crippen LogP contribution in [-0.2, 0) is 11.2 Å².